The highest BCUT2D eigenvalue weighted by molar-refractivity contribution is 7.16. The topological polar surface area (TPSA) is 58.1 Å². The second-order valence-electron chi connectivity index (χ2n) is 5.24. The Morgan fingerprint density at radius 2 is 2.35 bits per heavy atom. The number of aromatic nitrogens is 2. The maximum atomic E-state index is 11.9. The number of rotatable bonds is 4. The first-order chi connectivity index (χ1) is 9.67. The Hall–Kier alpha value is -1.69. The molecule has 1 unspecified atom stereocenters. The molecule has 0 aliphatic carbocycles. The molecule has 106 valence electrons. The van der Waals surface area contributed by atoms with Crippen LogP contribution in [0.15, 0.2) is 11.4 Å². The number of anilines is 1. The molecule has 1 amide bonds. The first-order valence-corrected chi connectivity index (χ1v) is 7.81. The van der Waals surface area contributed by atoms with Gasteiger partial charge in [0, 0.05) is 19.5 Å². The maximum Gasteiger partial charge on any atom is 0.223 e. The van der Waals surface area contributed by atoms with E-state index >= 15 is 0 Å². The van der Waals surface area contributed by atoms with Gasteiger partial charge in [-0.25, -0.2) is 9.97 Å². The number of fused-ring (bicyclic) bond motifs is 1. The van der Waals surface area contributed by atoms with Crippen molar-refractivity contribution in [2.45, 2.75) is 26.8 Å². The zero-order valence-corrected chi connectivity index (χ0v) is 12.5. The van der Waals surface area contributed by atoms with Crippen molar-refractivity contribution in [1.82, 2.24) is 14.9 Å². The number of hydrogen-bond donors (Lipinski definition) is 1. The molecule has 5 nitrogen and oxygen atoms in total. The minimum Gasteiger partial charge on any atom is -0.370 e. The smallest absolute Gasteiger partial charge is 0.223 e. The summed E-state index contributed by atoms with van der Waals surface area (Å²) in [5.41, 5.74) is 0. The van der Waals surface area contributed by atoms with Crippen molar-refractivity contribution in [1.29, 1.82) is 0 Å². The maximum absolute atomic E-state index is 11.9. The van der Waals surface area contributed by atoms with Crippen LogP contribution < -0.4 is 5.32 Å². The monoisotopic (exact) mass is 290 g/mol. The third-order valence-corrected chi connectivity index (χ3v) is 4.26. The van der Waals surface area contributed by atoms with Gasteiger partial charge < -0.3 is 10.2 Å². The number of nitrogens with zero attached hydrogens (tertiary/aromatic N) is 3. The van der Waals surface area contributed by atoms with Gasteiger partial charge in [-0.1, -0.05) is 6.92 Å². The zero-order chi connectivity index (χ0) is 14.1. The standard InChI is InChI=1S/C14H18N4OS/c1-3-15-13-10-4-5-20-14(10)17-11(16-13)8-18-7-9(2)6-12(18)19/h4-5,9H,3,6-8H2,1-2H3,(H,15,16,17). The Labute approximate surface area is 122 Å². The molecule has 3 rings (SSSR count). The lowest BCUT2D eigenvalue weighted by molar-refractivity contribution is -0.128. The largest absolute Gasteiger partial charge is 0.370 e. The molecule has 6 heteroatoms. The fourth-order valence-corrected chi connectivity index (χ4v) is 3.35. The summed E-state index contributed by atoms with van der Waals surface area (Å²) in [6.07, 6.45) is 0.640. The lowest BCUT2D eigenvalue weighted by Crippen LogP contribution is -2.25. The van der Waals surface area contributed by atoms with Gasteiger partial charge in [-0.2, -0.15) is 0 Å². The van der Waals surface area contributed by atoms with Crippen LogP contribution in [0.2, 0.25) is 0 Å². The molecule has 2 aromatic rings. The number of likely N-dealkylation sites (tertiary alicyclic amines) is 1. The first-order valence-electron chi connectivity index (χ1n) is 6.93. The van der Waals surface area contributed by atoms with Gasteiger partial charge in [0.05, 0.1) is 11.9 Å². The summed E-state index contributed by atoms with van der Waals surface area (Å²) in [4.78, 5) is 23.9. The van der Waals surface area contributed by atoms with Gasteiger partial charge in [0.2, 0.25) is 5.91 Å². The molecule has 1 aliphatic heterocycles. The Balaban J connectivity index is 1.89. The molecule has 1 fully saturated rings. The van der Waals surface area contributed by atoms with Gasteiger partial charge in [-0.05, 0) is 24.3 Å². The van der Waals surface area contributed by atoms with E-state index in [1.165, 1.54) is 0 Å². The van der Waals surface area contributed by atoms with Crippen LogP contribution in [-0.2, 0) is 11.3 Å². The molecule has 0 spiro atoms. The lowest BCUT2D eigenvalue weighted by Gasteiger charge is -2.15. The van der Waals surface area contributed by atoms with Crippen molar-refractivity contribution >= 4 is 33.3 Å². The first kappa shape index (κ1) is 13.3. The van der Waals surface area contributed by atoms with Crippen molar-refractivity contribution in [3.8, 4) is 0 Å². The van der Waals surface area contributed by atoms with Gasteiger partial charge >= 0.3 is 0 Å². The molecule has 20 heavy (non-hydrogen) atoms. The average molecular weight is 290 g/mol. The van der Waals surface area contributed by atoms with Crippen molar-refractivity contribution in [3.05, 3.63) is 17.3 Å². The Morgan fingerprint density at radius 1 is 1.50 bits per heavy atom. The van der Waals surface area contributed by atoms with Crippen LogP contribution in [0.1, 0.15) is 26.1 Å². The molecule has 1 atom stereocenters. The van der Waals surface area contributed by atoms with Gasteiger partial charge in [0.25, 0.3) is 0 Å². The normalized spacial score (nSPS) is 19.0. The number of amides is 1. The minimum atomic E-state index is 0.206. The van der Waals surface area contributed by atoms with Crippen LogP contribution in [0.3, 0.4) is 0 Å². The van der Waals surface area contributed by atoms with E-state index in [9.17, 15) is 4.79 Å². The highest BCUT2D eigenvalue weighted by Gasteiger charge is 2.27. The number of carbonyl (C=O) groups is 1. The lowest BCUT2D eigenvalue weighted by atomic mass is 10.2. The van der Waals surface area contributed by atoms with Gasteiger partial charge in [0.1, 0.15) is 10.6 Å². The van der Waals surface area contributed by atoms with Gasteiger partial charge in [-0.15, -0.1) is 11.3 Å². The van der Waals surface area contributed by atoms with Gasteiger partial charge in [0.15, 0.2) is 5.82 Å². The Morgan fingerprint density at radius 3 is 3.05 bits per heavy atom. The molecule has 1 saturated heterocycles. The van der Waals surface area contributed by atoms with Gasteiger partial charge in [-0.3, -0.25) is 4.79 Å². The molecule has 1 N–H and O–H groups in total. The summed E-state index contributed by atoms with van der Waals surface area (Å²) in [6, 6.07) is 2.03. The minimum absolute atomic E-state index is 0.206. The van der Waals surface area contributed by atoms with E-state index in [4.69, 9.17) is 0 Å². The fourth-order valence-electron chi connectivity index (χ4n) is 2.57. The molecular formula is C14H18N4OS. The van der Waals surface area contributed by atoms with E-state index in [0.29, 0.717) is 18.9 Å². The van der Waals surface area contributed by atoms with E-state index in [1.54, 1.807) is 11.3 Å². The van der Waals surface area contributed by atoms with E-state index in [0.717, 1.165) is 34.9 Å². The Kier molecular flexibility index (Phi) is 3.56. The van der Waals surface area contributed by atoms with E-state index in [2.05, 4.69) is 22.2 Å². The number of hydrogen-bond acceptors (Lipinski definition) is 5. The van der Waals surface area contributed by atoms with Crippen molar-refractivity contribution in [2.24, 2.45) is 5.92 Å². The summed E-state index contributed by atoms with van der Waals surface area (Å²) < 4.78 is 0. The van der Waals surface area contributed by atoms with Crippen LogP contribution >= 0.6 is 11.3 Å². The second kappa shape index (κ2) is 5.36. The summed E-state index contributed by atoms with van der Waals surface area (Å²) in [5.74, 6) is 2.23. The molecule has 0 saturated carbocycles. The highest BCUT2D eigenvalue weighted by Crippen LogP contribution is 2.26. The van der Waals surface area contributed by atoms with Crippen LogP contribution in [-0.4, -0.2) is 33.9 Å². The predicted octanol–water partition coefficient (Wildman–Crippen LogP) is 2.49. The molecule has 1 aliphatic rings. The van der Waals surface area contributed by atoms with E-state index < -0.39 is 0 Å². The van der Waals surface area contributed by atoms with Crippen LogP contribution in [0.25, 0.3) is 10.2 Å². The number of thiophene rings is 1. The fraction of sp³-hybridized carbons (Fsp3) is 0.500. The van der Waals surface area contributed by atoms with Crippen LogP contribution in [0, 0.1) is 5.92 Å². The quantitative estimate of drug-likeness (QED) is 0.940. The summed E-state index contributed by atoms with van der Waals surface area (Å²) in [6.45, 7) is 6.29. The van der Waals surface area contributed by atoms with Crippen molar-refractivity contribution in [3.63, 3.8) is 0 Å². The SMILES string of the molecule is CCNc1nc(CN2CC(C)CC2=O)nc2sccc12. The van der Waals surface area contributed by atoms with E-state index in [1.807, 2.05) is 23.3 Å². The molecule has 0 bridgehead atoms. The second-order valence-corrected chi connectivity index (χ2v) is 6.14. The average Bonchev–Trinajstić information content (AvgIpc) is 2.97. The van der Waals surface area contributed by atoms with E-state index in [-0.39, 0.29) is 5.91 Å². The third-order valence-electron chi connectivity index (χ3n) is 3.46. The highest BCUT2D eigenvalue weighted by atomic mass is 32.1. The zero-order valence-electron chi connectivity index (χ0n) is 11.7. The summed E-state index contributed by atoms with van der Waals surface area (Å²) in [5, 5.41) is 6.35. The number of nitrogens with one attached hydrogen (secondary N) is 1. The van der Waals surface area contributed by atoms with Crippen molar-refractivity contribution < 1.29 is 4.79 Å². The Bertz CT molecular complexity index is 639. The predicted molar refractivity (Wildman–Crippen MR) is 80.8 cm³/mol. The molecule has 3 heterocycles. The summed E-state index contributed by atoms with van der Waals surface area (Å²) in [7, 11) is 0. The molecule has 0 radical (unpaired) electrons. The summed E-state index contributed by atoms with van der Waals surface area (Å²) >= 11 is 1.61. The van der Waals surface area contributed by atoms with Crippen LogP contribution in [0.4, 0.5) is 5.82 Å². The molecular weight excluding hydrogens is 272 g/mol. The number of carbonyl (C=O) groups excluding carboxylic acids is 1. The van der Waals surface area contributed by atoms with Crippen LogP contribution in [0.5, 0.6) is 0 Å². The third kappa shape index (κ3) is 2.47. The molecule has 0 aromatic carbocycles. The van der Waals surface area contributed by atoms with Crippen molar-refractivity contribution in [2.75, 3.05) is 18.4 Å². The molecule has 2 aromatic heterocycles.